The lowest BCUT2D eigenvalue weighted by atomic mass is 10.1. The third kappa shape index (κ3) is 2.83. The molecule has 0 amide bonds. The van der Waals surface area contributed by atoms with E-state index in [1.165, 1.54) is 0 Å². The Hall–Kier alpha value is -0.970. The SMILES string of the molecule is Cl.Cn1cc(C[C@@H](N)C(=O)S)c2ccccc21. The molecule has 0 saturated carbocycles. The van der Waals surface area contributed by atoms with Crippen LogP contribution in [-0.4, -0.2) is 15.7 Å². The van der Waals surface area contributed by atoms with Crippen LogP contribution in [0, 0.1) is 0 Å². The van der Waals surface area contributed by atoms with Crippen molar-refractivity contribution in [2.75, 3.05) is 0 Å². The molecule has 0 radical (unpaired) electrons. The zero-order valence-electron chi connectivity index (χ0n) is 9.46. The number of para-hydroxylation sites is 1. The summed E-state index contributed by atoms with van der Waals surface area (Å²) in [6.07, 6.45) is 2.55. The van der Waals surface area contributed by atoms with Gasteiger partial charge in [0.1, 0.15) is 0 Å². The zero-order chi connectivity index (χ0) is 11.7. The maximum atomic E-state index is 11.0. The predicted molar refractivity (Wildman–Crippen MR) is 75.8 cm³/mol. The molecule has 0 aliphatic carbocycles. The van der Waals surface area contributed by atoms with E-state index in [-0.39, 0.29) is 17.5 Å². The molecular formula is C12H15ClN2OS. The van der Waals surface area contributed by atoms with Gasteiger partial charge < -0.3 is 10.3 Å². The van der Waals surface area contributed by atoms with Crippen LogP contribution in [0.15, 0.2) is 30.5 Å². The van der Waals surface area contributed by atoms with Crippen molar-refractivity contribution in [1.82, 2.24) is 4.57 Å². The van der Waals surface area contributed by atoms with Gasteiger partial charge in [0.25, 0.3) is 0 Å². The van der Waals surface area contributed by atoms with Crippen LogP contribution in [0.2, 0.25) is 0 Å². The molecule has 1 aromatic heterocycles. The van der Waals surface area contributed by atoms with Gasteiger partial charge in [-0.3, -0.25) is 4.79 Å². The zero-order valence-corrected chi connectivity index (χ0v) is 11.2. The van der Waals surface area contributed by atoms with Crippen molar-refractivity contribution >= 4 is 41.1 Å². The first-order chi connectivity index (χ1) is 7.59. The number of hydrogen-bond acceptors (Lipinski definition) is 2. The molecular weight excluding hydrogens is 256 g/mol. The van der Waals surface area contributed by atoms with Gasteiger partial charge in [-0.1, -0.05) is 18.2 Å². The van der Waals surface area contributed by atoms with Crippen molar-refractivity contribution in [1.29, 1.82) is 0 Å². The van der Waals surface area contributed by atoms with Crippen LogP contribution in [0.1, 0.15) is 5.56 Å². The Morgan fingerprint density at radius 2 is 2.12 bits per heavy atom. The van der Waals surface area contributed by atoms with Gasteiger partial charge in [-0.2, -0.15) is 0 Å². The smallest absolute Gasteiger partial charge is 0.202 e. The predicted octanol–water partition coefficient (Wildman–Crippen LogP) is 1.93. The lowest BCUT2D eigenvalue weighted by molar-refractivity contribution is -0.111. The maximum Gasteiger partial charge on any atom is 0.202 e. The van der Waals surface area contributed by atoms with Crippen LogP contribution in [-0.2, 0) is 18.3 Å². The average Bonchev–Trinajstić information content (AvgIpc) is 2.57. The summed E-state index contributed by atoms with van der Waals surface area (Å²) in [5.74, 6) is 0. The number of aryl methyl sites for hydroxylation is 1. The van der Waals surface area contributed by atoms with Crippen LogP contribution >= 0.6 is 25.0 Å². The summed E-state index contributed by atoms with van der Waals surface area (Å²) in [5, 5.41) is 0.878. The number of nitrogens with zero attached hydrogens (tertiary/aromatic N) is 1. The number of rotatable bonds is 3. The first-order valence-corrected chi connectivity index (χ1v) is 5.55. The Labute approximate surface area is 112 Å². The summed E-state index contributed by atoms with van der Waals surface area (Å²) in [7, 11) is 1.99. The summed E-state index contributed by atoms with van der Waals surface area (Å²) in [4.78, 5) is 11.0. The third-order valence-electron chi connectivity index (χ3n) is 2.74. The van der Waals surface area contributed by atoms with Crippen LogP contribution in [0.3, 0.4) is 0 Å². The van der Waals surface area contributed by atoms with Gasteiger partial charge in [0, 0.05) is 24.1 Å². The monoisotopic (exact) mass is 270 g/mol. The summed E-state index contributed by atoms with van der Waals surface area (Å²) in [5.41, 5.74) is 7.95. The van der Waals surface area contributed by atoms with Gasteiger partial charge >= 0.3 is 0 Å². The topological polar surface area (TPSA) is 48.0 Å². The molecule has 0 fully saturated rings. The van der Waals surface area contributed by atoms with Crippen LogP contribution in [0.5, 0.6) is 0 Å². The highest BCUT2D eigenvalue weighted by molar-refractivity contribution is 7.96. The number of nitrogens with two attached hydrogens (primary N) is 1. The van der Waals surface area contributed by atoms with E-state index in [4.69, 9.17) is 5.73 Å². The minimum atomic E-state index is -0.533. The van der Waals surface area contributed by atoms with E-state index in [0.29, 0.717) is 6.42 Å². The van der Waals surface area contributed by atoms with Crippen molar-refractivity contribution < 1.29 is 4.79 Å². The molecule has 2 rings (SSSR count). The number of aromatic nitrogens is 1. The second-order valence-corrected chi connectivity index (χ2v) is 4.37. The summed E-state index contributed by atoms with van der Waals surface area (Å²) in [6.45, 7) is 0. The summed E-state index contributed by atoms with van der Waals surface area (Å²) in [6, 6.07) is 7.54. The molecule has 0 saturated heterocycles. The minimum absolute atomic E-state index is 0. The van der Waals surface area contributed by atoms with Crippen molar-refractivity contribution in [2.45, 2.75) is 12.5 Å². The molecule has 17 heavy (non-hydrogen) atoms. The Balaban J connectivity index is 0.00000144. The maximum absolute atomic E-state index is 11.0. The van der Waals surface area contributed by atoms with E-state index in [2.05, 4.69) is 12.6 Å². The van der Waals surface area contributed by atoms with E-state index in [0.717, 1.165) is 16.5 Å². The van der Waals surface area contributed by atoms with E-state index in [1.807, 2.05) is 42.1 Å². The van der Waals surface area contributed by atoms with Crippen molar-refractivity contribution in [2.24, 2.45) is 12.8 Å². The van der Waals surface area contributed by atoms with Crippen molar-refractivity contribution in [3.05, 3.63) is 36.0 Å². The molecule has 2 N–H and O–H groups in total. The molecule has 2 aromatic rings. The second kappa shape index (κ2) is 5.58. The van der Waals surface area contributed by atoms with Crippen LogP contribution < -0.4 is 5.73 Å². The van der Waals surface area contributed by atoms with Crippen molar-refractivity contribution in [3.8, 4) is 0 Å². The Morgan fingerprint density at radius 3 is 2.76 bits per heavy atom. The normalized spacial score (nSPS) is 12.2. The Bertz CT molecular complexity index is 538. The molecule has 3 nitrogen and oxygen atoms in total. The average molecular weight is 271 g/mol. The lowest BCUT2D eigenvalue weighted by Gasteiger charge is -2.05. The van der Waals surface area contributed by atoms with E-state index in [9.17, 15) is 4.79 Å². The number of thiol groups is 1. The van der Waals surface area contributed by atoms with Gasteiger partial charge in [0.05, 0.1) is 6.04 Å². The highest BCUT2D eigenvalue weighted by Gasteiger charge is 2.13. The van der Waals surface area contributed by atoms with Gasteiger partial charge in [-0.25, -0.2) is 0 Å². The highest BCUT2D eigenvalue weighted by atomic mass is 35.5. The molecule has 0 unspecified atom stereocenters. The van der Waals surface area contributed by atoms with Crippen LogP contribution in [0.4, 0.5) is 0 Å². The Kier molecular flexibility index (Phi) is 4.62. The van der Waals surface area contributed by atoms with Gasteiger partial charge in [0.2, 0.25) is 5.12 Å². The molecule has 0 bridgehead atoms. The first-order valence-electron chi connectivity index (χ1n) is 5.11. The minimum Gasteiger partial charge on any atom is -0.350 e. The quantitative estimate of drug-likeness (QED) is 0.838. The summed E-state index contributed by atoms with van der Waals surface area (Å²) < 4.78 is 2.04. The van der Waals surface area contributed by atoms with Crippen molar-refractivity contribution in [3.63, 3.8) is 0 Å². The largest absolute Gasteiger partial charge is 0.350 e. The molecule has 0 aliphatic heterocycles. The fraction of sp³-hybridized carbons (Fsp3) is 0.250. The molecule has 0 spiro atoms. The molecule has 92 valence electrons. The fourth-order valence-corrected chi connectivity index (χ4v) is 2.00. The van der Waals surface area contributed by atoms with Gasteiger partial charge in [0.15, 0.2) is 0 Å². The molecule has 5 heteroatoms. The number of halogens is 1. The molecule has 0 aliphatic rings. The standard InChI is InChI=1S/C12H14N2OS.ClH/c1-14-7-8(6-10(13)12(15)16)9-4-2-3-5-11(9)14;/h2-5,7,10H,6,13H2,1H3,(H,15,16);1H/t10-;/m1./s1. The van der Waals surface area contributed by atoms with Gasteiger partial charge in [-0.05, 0) is 18.1 Å². The molecule has 1 aromatic carbocycles. The van der Waals surface area contributed by atoms with Crippen LogP contribution in [0.25, 0.3) is 10.9 Å². The van der Waals surface area contributed by atoms with E-state index < -0.39 is 6.04 Å². The van der Waals surface area contributed by atoms with E-state index in [1.54, 1.807) is 0 Å². The number of carbonyl (C=O) groups excluding carboxylic acids is 1. The number of benzene rings is 1. The molecule has 1 atom stereocenters. The van der Waals surface area contributed by atoms with Gasteiger partial charge in [-0.15, -0.1) is 25.0 Å². The first kappa shape index (κ1) is 14.1. The third-order valence-corrected chi connectivity index (χ3v) is 3.07. The number of carbonyl (C=O) groups is 1. The Morgan fingerprint density at radius 1 is 1.47 bits per heavy atom. The fourth-order valence-electron chi connectivity index (χ4n) is 1.91. The highest BCUT2D eigenvalue weighted by Crippen LogP contribution is 2.21. The lowest BCUT2D eigenvalue weighted by Crippen LogP contribution is -2.29. The number of hydrogen-bond donors (Lipinski definition) is 2. The second-order valence-electron chi connectivity index (χ2n) is 3.93. The number of fused-ring (bicyclic) bond motifs is 1. The summed E-state index contributed by atoms with van der Waals surface area (Å²) >= 11 is 3.75. The molecule has 1 heterocycles. The van der Waals surface area contributed by atoms with E-state index >= 15 is 0 Å².